The van der Waals surface area contributed by atoms with Gasteiger partial charge in [0.1, 0.15) is 11.1 Å². The molecule has 1 saturated carbocycles. The summed E-state index contributed by atoms with van der Waals surface area (Å²) in [6.45, 7) is -1.14. The third kappa shape index (κ3) is 3.34. The van der Waals surface area contributed by atoms with Crippen LogP contribution in [-0.4, -0.2) is 33.0 Å². The topological polar surface area (TPSA) is 82.0 Å². The van der Waals surface area contributed by atoms with Gasteiger partial charge in [-0.05, 0) is 43.4 Å². The molecule has 2 heterocycles. The second-order valence-electron chi connectivity index (χ2n) is 6.12. The summed E-state index contributed by atoms with van der Waals surface area (Å²) in [6.07, 6.45) is 2.96. The Labute approximate surface area is 150 Å². The molecule has 0 unspecified atom stereocenters. The van der Waals surface area contributed by atoms with Crippen molar-refractivity contribution >= 4 is 11.0 Å². The first kappa shape index (κ1) is 17.4. The molecule has 10 heteroatoms. The third-order valence-corrected chi connectivity index (χ3v) is 4.19. The minimum Gasteiger partial charge on any atom is -0.465 e. The summed E-state index contributed by atoms with van der Waals surface area (Å²) in [6, 6.07) is 2.63. The molecule has 7 nitrogen and oxygen atoms in total. The molecule has 1 aliphatic carbocycles. The van der Waals surface area contributed by atoms with Crippen LogP contribution in [0.15, 0.2) is 23.1 Å². The molecule has 1 aliphatic rings. The second kappa shape index (κ2) is 6.60. The molecule has 0 atom stereocenters. The molecule has 0 aliphatic heterocycles. The zero-order valence-electron chi connectivity index (χ0n) is 14.2. The van der Waals surface area contributed by atoms with E-state index in [0.717, 1.165) is 17.5 Å². The van der Waals surface area contributed by atoms with Crippen LogP contribution in [-0.2, 0) is 0 Å². The maximum absolute atomic E-state index is 14.7. The summed E-state index contributed by atoms with van der Waals surface area (Å²) in [5.74, 6) is -0.978. The quantitative estimate of drug-likeness (QED) is 0.711. The Bertz CT molecular complexity index is 1060. The van der Waals surface area contributed by atoms with E-state index in [9.17, 15) is 18.0 Å². The second-order valence-corrected chi connectivity index (χ2v) is 6.12. The van der Waals surface area contributed by atoms with Gasteiger partial charge in [-0.25, -0.2) is 9.07 Å². The van der Waals surface area contributed by atoms with Gasteiger partial charge in [-0.15, -0.1) is 5.10 Å². The van der Waals surface area contributed by atoms with Crippen molar-refractivity contribution in [2.75, 3.05) is 6.61 Å². The van der Waals surface area contributed by atoms with Gasteiger partial charge in [-0.1, -0.05) is 0 Å². The molecule has 0 amide bonds. The summed E-state index contributed by atoms with van der Waals surface area (Å²) in [5.41, 5.74) is -0.259. The number of fused-ring (bicyclic) bond motifs is 1. The number of benzene rings is 1. The maximum Gasteiger partial charge on any atom is 0.387 e. The molecule has 0 bridgehead atoms. The fourth-order valence-electron chi connectivity index (χ4n) is 2.87. The van der Waals surface area contributed by atoms with Crippen LogP contribution in [0, 0.1) is 5.82 Å². The molecule has 142 valence electrons. The van der Waals surface area contributed by atoms with Gasteiger partial charge < -0.3 is 9.47 Å². The lowest BCUT2D eigenvalue weighted by atomic mass is 10.1. The van der Waals surface area contributed by atoms with Crippen molar-refractivity contribution in [3.63, 3.8) is 0 Å². The number of aromatic nitrogens is 4. The molecule has 27 heavy (non-hydrogen) atoms. The Morgan fingerprint density at radius 3 is 2.81 bits per heavy atom. The number of hydrogen-bond acceptors (Lipinski definition) is 5. The number of nitrogens with one attached hydrogen (secondary N) is 1. The van der Waals surface area contributed by atoms with Crippen LogP contribution in [0.5, 0.6) is 11.8 Å². The minimum absolute atomic E-state index is 0.00383. The highest BCUT2D eigenvalue weighted by molar-refractivity contribution is 5.74. The first-order valence-electron chi connectivity index (χ1n) is 8.37. The van der Waals surface area contributed by atoms with Crippen molar-refractivity contribution in [1.29, 1.82) is 0 Å². The van der Waals surface area contributed by atoms with E-state index in [1.54, 1.807) is 6.92 Å². The predicted octanol–water partition coefficient (Wildman–Crippen LogP) is 3.13. The van der Waals surface area contributed by atoms with Crippen molar-refractivity contribution in [1.82, 2.24) is 19.7 Å². The van der Waals surface area contributed by atoms with E-state index in [0.29, 0.717) is 5.56 Å². The SMILES string of the molecule is CCOc1nc2nn(-c3c(F)cc(C4CC4)cc3OC(F)F)cc2c(=O)[nH]1. The number of halogens is 3. The molecule has 4 rings (SSSR count). The fourth-order valence-corrected chi connectivity index (χ4v) is 2.87. The van der Waals surface area contributed by atoms with Crippen LogP contribution in [0.25, 0.3) is 16.7 Å². The molecule has 0 saturated heterocycles. The number of rotatable bonds is 6. The van der Waals surface area contributed by atoms with Gasteiger partial charge in [-0.3, -0.25) is 9.78 Å². The van der Waals surface area contributed by atoms with Crippen LogP contribution in [0.2, 0.25) is 0 Å². The van der Waals surface area contributed by atoms with Gasteiger partial charge in [0.25, 0.3) is 11.6 Å². The molecule has 1 fully saturated rings. The van der Waals surface area contributed by atoms with Crippen molar-refractivity contribution in [3.05, 3.63) is 40.1 Å². The highest BCUT2D eigenvalue weighted by Gasteiger charge is 2.28. The van der Waals surface area contributed by atoms with E-state index < -0.39 is 18.0 Å². The summed E-state index contributed by atoms with van der Waals surface area (Å²) < 4.78 is 51.1. The van der Waals surface area contributed by atoms with Crippen LogP contribution >= 0.6 is 0 Å². The Balaban J connectivity index is 1.86. The van der Waals surface area contributed by atoms with Gasteiger partial charge in [0.05, 0.1) is 6.61 Å². The van der Waals surface area contributed by atoms with Gasteiger partial charge in [0.2, 0.25) is 0 Å². The molecule has 0 radical (unpaired) electrons. The number of nitrogens with zero attached hydrogens (tertiary/aromatic N) is 3. The largest absolute Gasteiger partial charge is 0.465 e. The highest BCUT2D eigenvalue weighted by atomic mass is 19.3. The van der Waals surface area contributed by atoms with Crippen molar-refractivity contribution in [3.8, 4) is 17.4 Å². The lowest BCUT2D eigenvalue weighted by Gasteiger charge is -2.13. The van der Waals surface area contributed by atoms with Crippen molar-refractivity contribution in [2.24, 2.45) is 0 Å². The van der Waals surface area contributed by atoms with E-state index in [1.165, 1.54) is 18.3 Å². The van der Waals surface area contributed by atoms with Crippen LogP contribution in [0.3, 0.4) is 0 Å². The van der Waals surface area contributed by atoms with E-state index in [1.807, 2.05) is 0 Å². The van der Waals surface area contributed by atoms with E-state index >= 15 is 0 Å². The van der Waals surface area contributed by atoms with Gasteiger partial charge >= 0.3 is 6.61 Å². The Kier molecular flexibility index (Phi) is 4.25. The summed E-state index contributed by atoms with van der Waals surface area (Å²) in [7, 11) is 0. The Morgan fingerprint density at radius 2 is 2.15 bits per heavy atom. The molecule has 0 spiro atoms. The van der Waals surface area contributed by atoms with Crippen LogP contribution in [0.4, 0.5) is 13.2 Å². The number of ether oxygens (including phenoxy) is 2. The van der Waals surface area contributed by atoms with E-state index in [4.69, 9.17) is 4.74 Å². The maximum atomic E-state index is 14.7. The number of H-pyrrole nitrogens is 1. The van der Waals surface area contributed by atoms with Crippen molar-refractivity contribution < 1.29 is 22.6 Å². The fraction of sp³-hybridized carbons (Fsp3) is 0.353. The lowest BCUT2D eigenvalue weighted by Crippen LogP contribution is -2.09. The molecule has 1 aromatic carbocycles. The van der Waals surface area contributed by atoms with Crippen LogP contribution in [0.1, 0.15) is 31.2 Å². The van der Waals surface area contributed by atoms with Crippen molar-refractivity contribution in [2.45, 2.75) is 32.3 Å². The monoisotopic (exact) mass is 380 g/mol. The molecular formula is C17H15F3N4O3. The van der Waals surface area contributed by atoms with E-state index in [-0.39, 0.29) is 41.0 Å². The highest BCUT2D eigenvalue weighted by Crippen LogP contribution is 2.43. The molecular weight excluding hydrogens is 365 g/mol. The normalized spacial score (nSPS) is 14.1. The predicted molar refractivity (Wildman–Crippen MR) is 89.2 cm³/mol. The number of alkyl halides is 2. The van der Waals surface area contributed by atoms with Crippen LogP contribution < -0.4 is 15.0 Å². The number of hydrogen-bond donors (Lipinski definition) is 1. The molecule has 1 N–H and O–H groups in total. The summed E-state index contributed by atoms with van der Waals surface area (Å²) in [5, 5.41) is 4.11. The molecule has 3 aromatic rings. The van der Waals surface area contributed by atoms with Gasteiger partial charge in [0, 0.05) is 6.20 Å². The van der Waals surface area contributed by atoms with Gasteiger partial charge in [0.15, 0.2) is 17.2 Å². The van der Waals surface area contributed by atoms with E-state index in [2.05, 4.69) is 19.8 Å². The van der Waals surface area contributed by atoms with Gasteiger partial charge in [-0.2, -0.15) is 13.8 Å². The summed E-state index contributed by atoms with van der Waals surface area (Å²) >= 11 is 0. The lowest BCUT2D eigenvalue weighted by molar-refractivity contribution is -0.0500. The average Bonchev–Trinajstić information content (AvgIpc) is 3.35. The Hall–Kier alpha value is -3.04. The average molecular weight is 380 g/mol. The first-order valence-corrected chi connectivity index (χ1v) is 8.37. The third-order valence-electron chi connectivity index (χ3n) is 4.19. The minimum atomic E-state index is -3.13. The summed E-state index contributed by atoms with van der Waals surface area (Å²) in [4.78, 5) is 18.6. The zero-order valence-corrected chi connectivity index (χ0v) is 14.2. The standard InChI is InChI=1S/C17H15F3N4O3/c1-2-26-17-21-14-10(15(25)22-17)7-24(23-14)13-11(18)5-9(8-3-4-8)6-12(13)27-16(19)20/h5-8,16H,2-4H2,1H3,(H,21,22,23,25). The smallest absolute Gasteiger partial charge is 0.387 e. The molecule has 2 aromatic heterocycles. The first-order chi connectivity index (χ1) is 13.0. The zero-order chi connectivity index (χ0) is 19.1. The number of aromatic amines is 1. The Morgan fingerprint density at radius 1 is 1.37 bits per heavy atom.